The fourth-order valence-electron chi connectivity index (χ4n) is 1.13. The molecule has 2 N–H and O–H groups in total. The molecule has 1 rings (SSSR count). The maximum absolute atomic E-state index is 9.07. The molecule has 0 aliphatic heterocycles. The van der Waals surface area contributed by atoms with Gasteiger partial charge in [-0.05, 0) is 30.2 Å². The van der Waals surface area contributed by atoms with Crippen LogP contribution in [0, 0.1) is 5.92 Å². The highest BCUT2D eigenvalue weighted by atomic mass is 35.5. The molecule has 0 saturated heterocycles. The van der Waals surface area contributed by atoms with Gasteiger partial charge in [-0.15, -0.1) is 11.6 Å². The van der Waals surface area contributed by atoms with Gasteiger partial charge in [-0.1, -0.05) is 19.1 Å². The van der Waals surface area contributed by atoms with Gasteiger partial charge in [0.1, 0.15) is 5.75 Å². The van der Waals surface area contributed by atoms with Crippen molar-refractivity contribution < 1.29 is 5.11 Å². The lowest BCUT2D eigenvalue weighted by molar-refractivity contribution is 0.475. The number of phenolic OH excluding ortho intramolecular Hbond substituents is 1. The molecule has 14 heavy (non-hydrogen) atoms. The zero-order valence-electron chi connectivity index (χ0n) is 8.33. The van der Waals surface area contributed by atoms with Crippen molar-refractivity contribution >= 4 is 11.6 Å². The van der Waals surface area contributed by atoms with Crippen molar-refractivity contribution in [2.75, 3.05) is 12.4 Å². The molecule has 0 bridgehead atoms. The van der Waals surface area contributed by atoms with Crippen molar-refractivity contribution in [1.29, 1.82) is 0 Å². The molecule has 3 heteroatoms. The fourth-order valence-corrected chi connectivity index (χ4v) is 1.24. The van der Waals surface area contributed by atoms with Crippen LogP contribution in [0.3, 0.4) is 0 Å². The number of rotatable bonds is 5. The Kier molecular flexibility index (Phi) is 4.77. The van der Waals surface area contributed by atoms with E-state index in [4.69, 9.17) is 16.7 Å². The van der Waals surface area contributed by atoms with Crippen LogP contribution in [-0.2, 0) is 6.54 Å². The van der Waals surface area contributed by atoms with Crippen molar-refractivity contribution in [2.24, 2.45) is 5.92 Å². The molecule has 0 aliphatic rings. The standard InChI is InChI=1S/C11H16ClNO/c1-9(6-12)7-13-8-10-2-4-11(14)5-3-10/h2-5,9,13-14H,6-8H2,1H3. The molecule has 0 heterocycles. The van der Waals surface area contributed by atoms with Crippen LogP contribution in [0.2, 0.25) is 0 Å². The summed E-state index contributed by atoms with van der Waals surface area (Å²) in [5.74, 6) is 1.49. The van der Waals surface area contributed by atoms with Crippen molar-refractivity contribution in [3.8, 4) is 5.75 Å². The molecule has 1 atom stereocenters. The van der Waals surface area contributed by atoms with Crippen molar-refractivity contribution in [3.63, 3.8) is 0 Å². The smallest absolute Gasteiger partial charge is 0.115 e. The minimum Gasteiger partial charge on any atom is -0.508 e. The molecule has 0 fully saturated rings. The molecule has 0 radical (unpaired) electrons. The molecular weight excluding hydrogens is 198 g/mol. The molecular formula is C11H16ClNO. The van der Waals surface area contributed by atoms with Gasteiger partial charge in [-0.3, -0.25) is 0 Å². The Morgan fingerprint density at radius 1 is 1.36 bits per heavy atom. The van der Waals surface area contributed by atoms with E-state index in [1.165, 1.54) is 5.56 Å². The average Bonchev–Trinajstić information content (AvgIpc) is 2.21. The third kappa shape index (κ3) is 3.99. The lowest BCUT2D eigenvalue weighted by atomic mass is 10.2. The minimum absolute atomic E-state index is 0.308. The Morgan fingerprint density at radius 3 is 2.57 bits per heavy atom. The number of phenols is 1. The quantitative estimate of drug-likeness (QED) is 0.736. The molecule has 1 aromatic rings. The van der Waals surface area contributed by atoms with E-state index in [1.807, 2.05) is 12.1 Å². The SMILES string of the molecule is CC(CCl)CNCc1ccc(O)cc1. The van der Waals surface area contributed by atoms with Crippen LogP contribution in [0.4, 0.5) is 0 Å². The van der Waals surface area contributed by atoms with E-state index < -0.39 is 0 Å². The number of hydrogen-bond donors (Lipinski definition) is 2. The van der Waals surface area contributed by atoms with Gasteiger partial charge in [-0.25, -0.2) is 0 Å². The van der Waals surface area contributed by atoms with Gasteiger partial charge in [0.05, 0.1) is 0 Å². The summed E-state index contributed by atoms with van der Waals surface area (Å²) in [7, 11) is 0. The average molecular weight is 214 g/mol. The number of aromatic hydroxyl groups is 1. The molecule has 78 valence electrons. The minimum atomic E-state index is 0.308. The molecule has 0 aliphatic carbocycles. The second-order valence-corrected chi connectivity index (χ2v) is 3.87. The van der Waals surface area contributed by atoms with Gasteiger partial charge in [0.25, 0.3) is 0 Å². The Hall–Kier alpha value is -0.730. The first-order valence-corrected chi connectivity index (χ1v) is 5.30. The van der Waals surface area contributed by atoms with Crippen LogP contribution >= 0.6 is 11.6 Å². The van der Waals surface area contributed by atoms with E-state index in [-0.39, 0.29) is 0 Å². The highest BCUT2D eigenvalue weighted by Crippen LogP contribution is 2.09. The van der Waals surface area contributed by atoms with Gasteiger partial charge < -0.3 is 10.4 Å². The molecule has 1 unspecified atom stereocenters. The zero-order valence-corrected chi connectivity index (χ0v) is 9.09. The van der Waals surface area contributed by atoms with Crippen LogP contribution in [0.25, 0.3) is 0 Å². The summed E-state index contributed by atoms with van der Waals surface area (Å²) in [6.45, 7) is 3.85. The number of benzene rings is 1. The molecule has 1 aromatic carbocycles. The van der Waals surface area contributed by atoms with Gasteiger partial charge in [-0.2, -0.15) is 0 Å². The summed E-state index contributed by atoms with van der Waals surface area (Å²) in [6.07, 6.45) is 0. The van der Waals surface area contributed by atoms with Crippen LogP contribution in [0.15, 0.2) is 24.3 Å². The normalized spacial score (nSPS) is 12.7. The highest BCUT2D eigenvalue weighted by Gasteiger charge is 1.98. The Labute approximate surface area is 89.9 Å². The Bertz CT molecular complexity index is 260. The van der Waals surface area contributed by atoms with Gasteiger partial charge in [0.15, 0.2) is 0 Å². The van der Waals surface area contributed by atoms with Gasteiger partial charge in [0, 0.05) is 12.4 Å². The summed E-state index contributed by atoms with van der Waals surface area (Å²) in [5, 5.41) is 12.4. The second kappa shape index (κ2) is 5.89. The maximum Gasteiger partial charge on any atom is 0.115 e. The molecule has 2 nitrogen and oxygen atoms in total. The summed E-state index contributed by atoms with van der Waals surface area (Å²) < 4.78 is 0. The van der Waals surface area contributed by atoms with E-state index in [0.29, 0.717) is 17.5 Å². The third-order valence-electron chi connectivity index (χ3n) is 2.02. The van der Waals surface area contributed by atoms with Crippen molar-refractivity contribution in [2.45, 2.75) is 13.5 Å². The van der Waals surface area contributed by atoms with E-state index in [1.54, 1.807) is 12.1 Å². The van der Waals surface area contributed by atoms with E-state index in [9.17, 15) is 0 Å². The Morgan fingerprint density at radius 2 is 2.00 bits per heavy atom. The molecule has 0 aromatic heterocycles. The van der Waals surface area contributed by atoms with E-state index in [2.05, 4.69) is 12.2 Å². The number of nitrogens with one attached hydrogen (secondary N) is 1. The van der Waals surface area contributed by atoms with Crippen molar-refractivity contribution in [3.05, 3.63) is 29.8 Å². The van der Waals surface area contributed by atoms with E-state index in [0.717, 1.165) is 13.1 Å². The van der Waals surface area contributed by atoms with Crippen LogP contribution < -0.4 is 5.32 Å². The Balaban J connectivity index is 2.28. The zero-order chi connectivity index (χ0) is 10.4. The van der Waals surface area contributed by atoms with Crippen LogP contribution in [0.1, 0.15) is 12.5 Å². The predicted octanol–water partition coefficient (Wildman–Crippen LogP) is 2.36. The molecule has 0 saturated carbocycles. The molecule has 0 amide bonds. The van der Waals surface area contributed by atoms with Crippen molar-refractivity contribution in [1.82, 2.24) is 5.32 Å². The topological polar surface area (TPSA) is 32.3 Å². The lowest BCUT2D eigenvalue weighted by Gasteiger charge is -2.09. The highest BCUT2D eigenvalue weighted by molar-refractivity contribution is 6.18. The monoisotopic (exact) mass is 213 g/mol. The first kappa shape index (κ1) is 11.3. The number of hydrogen-bond acceptors (Lipinski definition) is 2. The number of halogens is 1. The van der Waals surface area contributed by atoms with E-state index >= 15 is 0 Å². The largest absolute Gasteiger partial charge is 0.508 e. The number of alkyl halides is 1. The second-order valence-electron chi connectivity index (χ2n) is 3.56. The lowest BCUT2D eigenvalue weighted by Crippen LogP contribution is -2.21. The fraction of sp³-hybridized carbons (Fsp3) is 0.455. The van der Waals surface area contributed by atoms with Gasteiger partial charge in [0.2, 0.25) is 0 Å². The predicted molar refractivity (Wildman–Crippen MR) is 59.7 cm³/mol. The summed E-state index contributed by atoms with van der Waals surface area (Å²) in [4.78, 5) is 0. The first-order valence-electron chi connectivity index (χ1n) is 4.77. The maximum atomic E-state index is 9.07. The first-order chi connectivity index (χ1) is 6.72. The van der Waals surface area contributed by atoms with Crippen LogP contribution in [-0.4, -0.2) is 17.5 Å². The summed E-state index contributed by atoms with van der Waals surface area (Å²) >= 11 is 5.68. The van der Waals surface area contributed by atoms with Crippen LogP contribution in [0.5, 0.6) is 5.75 Å². The molecule has 0 spiro atoms. The summed E-state index contributed by atoms with van der Waals surface area (Å²) in [6, 6.07) is 7.21. The van der Waals surface area contributed by atoms with Gasteiger partial charge >= 0.3 is 0 Å². The summed E-state index contributed by atoms with van der Waals surface area (Å²) in [5.41, 5.74) is 1.17. The third-order valence-corrected chi connectivity index (χ3v) is 2.55.